The summed E-state index contributed by atoms with van der Waals surface area (Å²) >= 11 is 0. The zero-order chi connectivity index (χ0) is 19.3. The molecule has 1 N–H and O–H groups in total. The van der Waals surface area contributed by atoms with Crippen LogP contribution in [0.1, 0.15) is 49.4 Å². The van der Waals surface area contributed by atoms with Crippen molar-refractivity contribution in [2.75, 3.05) is 11.9 Å². The lowest BCUT2D eigenvalue weighted by Crippen LogP contribution is -2.35. The van der Waals surface area contributed by atoms with Crippen molar-refractivity contribution in [3.8, 4) is 0 Å². The Morgan fingerprint density at radius 2 is 1.36 bits per heavy atom. The van der Waals surface area contributed by atoms with Gasteiger partial charge in [0.1, 0.15) is 0 Å². The van der Waals surface area contributed by atoms with Crippen LogP contribution >= 0.6 is 0 Å². The molecule has 0 radical (unpaired) electrons. The fraction of sp³-hybridized carbons (Fsp3) is 0.167. The summed E-state index contributed by atoms with van der Waals surface area (Å²) in [6.45, 7) is 2.45. The van der Waals surface area contributed by atoms with E-state index in [0.29, 0.717) is 17.7 Å². The predicted molar refractivity (Wildman–Crippen MR) is 109 cm³/mol. The molecule has 2 aliphatic rings. The second-order valence-electron chi connectivity index (χ2n) is 7.44. The molecule has 0 spiro atoms. The molecule has 2 aliphatic heterocycles. The van der Waals surface area contributed by atoms with Gasteiger partial charge in [0.15, 0.2) is 0 Å². The lowest BCUT2D eigenvalue weighted by molar-refractivity contribution is 0.0642. The standard InChI is InChI=1S/C24H20N2O2/c1-15-8-2-3-9-16(15)22-20(17-10-6-7-13-21(17)25-22)14-26-23(27)18-11-4-5-12-19(18)24(26)28/h2-13,20,22,25H,14H2,1H3. The van der Waals surface area contributed by atoms with Gasteiger partial charge in [0.25, 0.3) is 11.8 Å². The second-order valence-corrected chi connectivity index (χ2v) is 7.44. The first kappa shape index (κ1) is 16.8. The van der Waals surface area contributed by atoms with Gasteiger partial charge in [0.05, 0.1) is 17.2 Å². The highest BCUT2D eigenvalue weighted by molar-refractivity contribution is 6.21. The zero-order valence-corrected chi connectivity index (χ0v) is 15.6. The molecule has 0 aromatic heterocycles. The van der Waals surface area contributed by atoms with Crippen LogP contribution in [0.4, 0.5) is 5.69 Å². The summed E-state index contributed by atoms with van der Waals surface area (Å²) in [7, 11) is 0. The fourth-order valence-corrected chi connectivity index (χ4v) is 4.44. The first-order valence-electron chi connectivity index (χ1n) is 9.51. The van der Waals surface area contributed by atoms with Crippen LogP contribution in [0.5, 0.6) is 0 Å². The van der Waals surface area contributed by atoms with Crippen molar-refractivity contribution in [1.29, 1.82) is 0 Å². The molecule has 0 saturated carbocycles. The Morgan fingerprint density at radius 1 is 0.786 bits per heavy atom. The minimum absolute atomic E-state index is 0.000452. The Hall–Kier alpha value is -3.40. The van der Waals surface area contributed by atoms with Crippen LogP contribution in [0.3, 0.4) is 0 Å². The third-order valence-corrected chi connectivity index (χ3v) is 5.85. The van der Waals surface area contributed by atoms with Crippen molar-refractivity contribution in [2.45, 2.75) is 18.9 Å². The Kier molecular flexibility index (Phi) is 3.79. The number of nitrogens with zero attached hydrogens (tertiary/aromatic N) is 1. The molecule has 3 aromatic rings. The molecular formula is C24H20N2O2. The Morgan fingerprint density at radius 3 is 2.04 bits per heavy atom. The van der Waals surface area contributed by atoms with Crippen LogP contribution in [0.15, 0.2) is 72.8 Å². The number of hydrogen-bond donors (Lipinski definition) is 1. The molecule has 0 bridgehead atoms. The normalized spacial score (nSPS) is 20.1. The number of anilines is 1. The largest absolute Gasteiger partial charge is 0.377 e. The number of rotatable bonds is 3. The molecule has 2 unspecified atom stereocenters. The first-order valence-corrected chi connectivity index (χ1v) is 9.51. The Bertz CT molecular complexity index is 1070. The SMILES string of the molecule is Cc1ccccc1C1Nc2ccccc2C1CN1C(=O)c2ccccc2C1=O. The monoisotopic (exact) mass is 368 g/mol. The highest BCUT2D eigenvalue weighted by atomic mass is 16.2. The van der Waals surface area contributed by atoms with Crippen molar-refractivity contribution in [3.63, 3.8) is 0 Å². The molecule has 4 nitrogen and oxygen atoms in total. The number of hydrogen-bond acceptors (Lipinski definition) is 3. The van der Waals surface area contributed by atoms with Crippen LogP contribution in [0, 0.1) is 6.92 Å². The topological polar surface area (TPSA) is 49.4 Å². The summed E-state index contributed by atoms with van der Waals surface area (Å²) in [4.78, 5) is 27.2. The number of amides is 2. The van der Waals surface area contributed by atoms with Gasteiger partial charge >= 0.3 is 0 Å². The first-order chi connectivity index (χ1) is 13.6. The van der Waals surface area contributed by atoms with E-state index in [1.165, 1.54) is 16.0 Å². The van der Waals surface area contributed by atoms with Gasteiger partial charge in [0.2, 0.25) is 0 Å². The molecule has 0 fully saturated rings. The van der Waals surface area contributed by atoms with Crippen LogP contribution in [-0.2, 0) is 0 Å². The average Bonchev–Trinajstić information content (AvgIpc) is 3.20. The summed E-state index contributed by atoms with van der Waals surface area (Å²) in [6.07, 6.45) is 0. The lowest BCUT2D eigenvalue weighted by Gasteiger charge is -2.26. The minimum atomic E-state index is -0.200. The Balaban J connectivity index is 1.54. The van der Waals surface area contributed by atoms with Crippen LogP contribution in [0.25, 0.3) is 0 Å². The van der Waals surface area contributed by atoms with Gasteiger partial charge in [-0.05, 0) is 41.8 Å². The van der Waals surface area contributed by atoms with Gasteiger partial charge < -0.3 is 5.32 Å². The molecule has 2 atom stereocenters. The van der Waals surface area contributed by atoms with Gasteiger partial charge in [-0.2, -0.15) is 0 Å². The second kappa shape index (κ2) is 6.34. The molecule has 138 valence electrons. The summed E-state index contributed by atoms with van der Waals surface area (Å²) < 4.78 is 0. The van der Waals surface area contributed by atoms with Crippen molar-refractivity contribution in [2.24, 2.45) is 0 Å². The molecule has 3 aromatic carbocycles. The maximum absolute atomic E-state index is 12.9. The molecular weight excluding hydrogens is 348 g/mol. The van der Waals surface area contributed by atoms with Crippen molar-refractivity contribution in [1.82, 2.24) is 4.90 Å². The quantitative estimate of drug-likeness (QED) is 0.691. The van der Waals surface area contributed by atoms with E-state index >= 15 is 0 Å². The molecule has 2 amide bonds. The molecule has 2 heterocycles. The van der Waals surface area contributed by atoms with Crippen LogP contribution in [0.2, 0.25) is 0 Å². The van der Waals surface area contributed by atoms with Crippen molar-refractivity contribution < 1.29 is 9.59 Å². The molecule has 28 heavy (non-hydrogen) atoms. The maximum atomic E-state index is 12.9. The van der Waals surface area contributed by atoms with Gasteiger partial charge in [-0.25, -0.2) is 0 Å². The van der Waals surface area contributed by atoms with E-state index in [0.717, 1.165) is 11.3 Å². The van der Waals surface area contributed by atoms with Crippen molar-refractivity contribution >= 4 is 17.5 Å². The third kappa shape index (κ3) is 2.45. The van der Waals surface area contributed by atoms with Gasteiger partial charge in [-0.15, -0.1) is 0 Å². The van der Waals surface area contributed by atoms with E-state index in [9.17, 15) is 9.59 Å². The van der Waals surface area contributed by atoms with E-state index in [-0.39, 0.29) is 23.8 Å². The number of imide groups is 1. The van der Waals surface area contributed by atoms with Gasteiger partial charge in [-0.3, -0.25) is 14.5 Å². The number of carbonyl (C=O) groups is 2. The van der Waals surface area contributed by atoms with Crippen molar-refractivity contribution in [3.05, 3.63) is 101 Å². The molecule has 5 rings (SSSR count). The average molecular weight is 368 g/mol. The smallest absolute Gasteiger partial charge is 0.261 e. The van der Waals surface area contributed by atoms with Crippen LogP contribution < -0.4 is 5.32 Å². The van der Waals surface area contributed by atoms with E-state index in [1.54, 1.807) is 24.3 Å². The summed E-state index contributed by atoms with van der Waals surface area (Å²) in [5, 5.41) is 3.62. The molecule has 0 saturated heterocycles. The molecule has 4 heteroatoms. The van der Waals surface area contributed by atoms with Gasteiger partial charge in [-0.1, -0.05) is 54.6 Å². The number of aryl methyl sites for hydroxylation is 1. The number of benzene rings is 3. The fourth-order valence-electron chi connectivity index (χ4n) is 4.44. The number of para-hydroxylation sites is 1. The molecule has 0 aliphatic carbocycles. The maximum Gasteiger partial charge on any atom is 0.261 e. The van der Waals surface area contributed by atoms with E-state index < -0.39 is 0 Å². The zero-order valence-electron chi connectivity index (χ0n) is 15.6. The Labute approximate surface area is 163 Å². The van der Waals surface area contributed by atoms with Gasteiger partial charge in [0, 0.05) is 18.2 Å². The number of nitrogens with one attached hydrogen (secondary N) is 1. The number of fused-ring (bicyclic) bond motifs is 2. The predicted octanol–water partition coefficient (Wildman–Crippen LogP) is 4.54. The summed E-state index contributed by atoms with van der Waals surface area (Å²) in [5.74, 6) is -0.401. The van der Waals surface area contributed by atoms with E-state index in [1.807, 2.05) is 24.3 Å². The minimum Gasteiger partial charge on any atom is -0.377 e. The summed E-state index contributed by atoms with van der Waals surface area (Å²) in [5.41, 5.74) is 5.60. The van der Waals surface area contributed by atoms with E-state index in [2.05, 4.69) is 36.5 Å². The third-order valence-electron chi connectivity index (χ3n) is 5.85. The number of carbonyl (C=O) groups excluding carboxylic acids is 2. The highest BCUT2D eigenvalue weighted by Gasteiger charge is 2.41. The van der Waals surface area contributed by atoms with Crippen LogP contribution in [-0.4, -0.2) is 23.3 Å². The lowest BCUT2D eigenvalue weighted by atomic mass is 9.88. The summed E-state index contributed by atoms with van der Waals surface area (Å²) in [6, 6.07) is 23.5. The highest BCUT2D eigenvalue weighted by Crippen LogP contribution is 2.45. The van der Waals surface area contributed by atoms with E-state index in [4.69, 9.17) is 0 Å².